The van der Waals surface area contributed by atoms with Crippen molar-refractivity contribution in [1.29, 1.82) is 0 Å². The van der Waals surface area contributed by atoms with Gasteiger partial charge in [-0.05, 0) is 30.3 Å². The number of ether oxygens (including phenoxy) is 1. The first-order valence-corrected chi connectivity index (χ1v) is 7.27. The van der Waals surface area contributed by atoms with Gasteiger partial charge in [-0.1, -0.05) is 6.07 Å². The Morgan fingerprint density at radius 2 is 2.05 bits per heavy atom. The number of sulfonamides is 1. The van der Waals surface area contributed by atoms with Crippen LogP contribution in [0.1, 0.15) is 10.4 Å². The van der Waals surface area contributed by atoms with Crippen molar-refractivity contribution < 1.29 is 23.1 Å². The number of carboxylic acids is 1. The van der Waals surface area contributed by atoms with Crippen LogP contribution in [-0.2, 0) is 10.0 Å². The van der Waals surface area contributed by atoms with E-state index in [2.05, 4.69) is 9.71 Å². The summed E-state index contributed by atoms with van der Waals surface area (Å²) in [6, 6.07) is 8.30. The second-order valence-corrected chi connectivity index (χ2v) is 5.64. The molecule has 0 aliphatic rings. The molecule has 2 aromatic rings. The van der Waals surface area contributed by atoms with E-state index in [9.17, 15) is 13.2 Å². The van der Waals surface area contributed by atoms with Gasteiger partial charge in [0.2, 0.25) is 0 Å². The summed E-state index contributed by atoms with van der Waals surface area (Å²) in [7, 11) is -2.66. The van der Waals surface area contributed by atoms with Gasteiger partial charge < -0.3 is 9.84 Å². The number of anilines is 1. The van der Waals surface area contributed by atoms with Crippen LogP contribution in [0.15, 0.2) is 47.5 Å². The zero-order chi connectivity index (χ0) is 15.5. The molecule has 0 saturated heterocycles. The summed E-state index contributed by atoms with van der Waals surface area (Å²) in [6.07, 6.45) is 1.45. The number of nitrogens with zero attached hydrogens (tertiary/aromatic N) is 1. The third-order valence-corrected chi connectivity index (χ3v) is 4.00. The average Bonchev–Trinajstić information content (AvgIpc) is 2.47. The topological polar surface area (TPSA) is 106 Å². The molecule has 0 atom stereocenters. The van der Waals surface area contributed by atoms with Crippen LogP contribution < -0.4 is 9.46 Å². The maximum Gasteiger partial charge on any atom is 0.335 e. The summed E-state index contributed by atoms with van der Waals surface area (Å²) in [6.45, 7) is 0. The molecule has 0 radical (unpaired) electrons. The van der Waals surface area contributed by atoms with Crippen molar-refractivity contribution >= 4 is 21.8 Å². The number of hydrogen-bond acceptors (Lipinski definition) is 5. The molecule has 0 saturated carbocycles. The summed E-state index contributed by atoms with van der Waals surface area (Å²) in [5.74, 6) is -1.07. The van der Waals surface area contributed by atoms with E-state index in [4.69, 9.17) is 9.84 Å². The molecule has 0 amide bonds. The highest BCUT2D eigenvalue weighted by atomic mass is 32.2. The number of carbonyl (C=O) groups is 1. The van der Waals surface area contributed by atoms with Gasteiger partial charge in [-0.2, -0.15) is 0 Å². The molecule has 0 spiro atoms. The number of aromatic carboxylic acids is 1. The first-order valence-electron chi connectivity index (χ1n) is 5.79. The van der Waals surface area contributed by atoms with E-state index in [1.54, 1.807) is 12.1 Å². The second kappa shape index (κ2) is 5.80. The predicted molar refractivity (Wildman–Crippen MR) is 75.0 cm³/mol. The van der Waals surface area contributed by atoms with Crippen LogP contribution in [0.4, 0.5) is 5.82 Å². The van der Waals surface area contributed by atoms with Crippen LogP contribution in [0, 0.1) is 0 Å². The number of aromatic nitrogens is 1. The highest BCUT2D eigenvalue weighted by Crippen LogP contribution is 2.26. The fraction of sp³-hybridized carbons (Fsp3) is 0.0769. The molecule has 0 fully saturated rings. The van der Waals surface area contributed by atoms with Crippen LogP contribution in [0.25, 0.3) is 0 Å². The molecule has 1 aromatic heterocycles. The Bertz CT molecular complexity index is 759. The van der Waals surface area contributed by atoms with E-state index < -0.39 is 16.0 Å². The third kappa shape index (κ3) is 3.29. The SMILES string of the molecule is COc1cc(C(=O)O)ccc1S(=O)(=O)Nc1ccccn1. The Morgan fingerprint density at radius 3 is 2.62 bits per heavy atom. The van der Waals surface area contributed by atoms with E-state index >= 15 is 0 Å². The molecule has 2 rings (SSSR count). The molecule has 0 aliphatic heterocycles. The predicted octanol–water partition coefficient (Wildman–Crippen LogP) is 1.59. The normalized spacial score (nSPS) is 10.9. The van der Waals surface area contributed by atoms with Crippen molar-refractivity contribution in [3.63, 3.8) is 0 Å². The minimum Gasteiger partial charge on any atom is -0.495 e. The van der Waals surface area contributed by atoms with Gasteiger partial charge in [0.1, 0.15) is 16.5 Å². The Labute approximate surface area is 121 Å². The summed E-state index contributed by atoms with van der Waals surface area (Å²) in [5, 5.41) is 8.90. The summed E-state index contributed by atoms with van der Waals surface area (Å²) < 4.78 is 31.8. The fourth-order valence-electron chi connectivity index (χ4n) is 1.64. The molecule has 8 heteroatoms. The molecule has 0 bridgehead atoms. The van der Waals surface area contributed by atoms with Gasteiger partial charge in [-0.3, -0.25) is 4.72 Å². The monoisotopic (exact) mass is 308 g/mol. The molecular weight excluding hydrogens is 296 g/mol. The van der Waals surface area contributed by atoms with Crippen molar-refractivity contribution in [3.05, 3.63) is 48.2 Å². The lowest BCUT2D eigenvalue weighted by molar-refractivity contribution is 0.0696. The maximum atomic E-state index is 12.3. The zero-order valence-electron chi connectivity index (χ0n) is 11.0. The van der Waals surface area contributed by atoms with Gasteiger partial charge in [0.05, 0.1) is 12.7 Å². The minimum absolute atomic E-state index is 0.0571. The number of nitrogens with one attached hydrogen (secondary N) is 1. The van der Waals surface area contributed by atoms with Crippen molar-refractivity contribution in [3.8, 4) is 5.75 Å². The van der Waals surface area contributed by atoms with Gasteiger partial charge in [0, 0.05) is 6.20 Å². The number of rotatable bonds is 5. The molecule has 1 aromatic carbocycles. The van der Waals surface area contributed by atoms with Gasteiger partial charge in [-0.15, -0.1) is 0 Å². The molecule has 0 aliphatic carbocycles. The smallest absolute Gasteiger partial charge is 0.335 e. The Kier molecular flexibility index (Phi) is 4.08. The van der Waals surface area contributed by atoms with E-state index in [0.29, 0.717) is 0 Å². The lowest BCUT2D eigenvalue weighted by Crippen LogP contribution is -2.15. The van der Waals surface area contributed by atoms with Crippen LogP contribution in [0.2, 0.25) is 0 Å². The highest BCUT2D eigenvalue weighted by Gasteiger charge is 2.21. The molecular formula is C13H12N2O5S. The fourth-order valence-corrected chi connectivity index (χ4v) is 2.80. The standard InChI is InChI=1S/C13H12N2O5S/c1-20-10-8-9(13(16)17)5-6-11(10)21(18,19)15-12-4-2-3-7-14-12/h2-8H,1H3,(H,14,15)(H,16,17). The third-order valence-electron chi connectivity index (χ3n) is 2.60. The summed E-state index contributed by atoms with van der Waals surface area (Å²) in [4.78, 5) is 14.6. The van der Waals surface area contributed by atoms with Crippen molar-refractivity contribution in [2.75, 3.05) is 11.8 Å². The Morgan fingerprint density at radius 1 is 1.29 bits per heavy atom. The lowest BCUT2D eigenvalue weighted by atomic mass is 10.2. The van der Waals surface area contributed by atoms with Crippen molar-refractivity contribution in [1.82, 2.24) is 4.98 Å². The number of pyridine rings is 1. The van der Waals surface area contributed by atoms with Crippen LogP contribution in [-0.4, -0.2) is 31.6 Å². The van der Waals surface area contributed by atoms with E-state index in [-0.39, 0.29) is 22.0 Å². The number of methoxy groups -OCH3 is 1. The lowest BCUT2D eigenvalue weighted by Gasteiger charge is -2.11. The molecule has 21 heavy (non-hydrogen) atoms. The van der Waals surface area contributed by atoms with Gasteiger partial charge in [-0.25, -0.2) is 18.2 Å². The Balaban J connectivity index is 2.42. The molecule has 0 unspecified atom stereocenters. The van der Waals surface area contributed by atoms with Crippen LogP contribution in [0.3, 0.4) is 0 Å². The van der Waals surface area contributed by atoms with Gasteiger partial charge >= 0.3 is 5.97 Å². The average molecular weight is 308 g/mol. The zero-order valence-corrected chi connectivity index (χ0v) is 11.8. The quantitative estimate of drug-likeness (QED) is 0.869. The van der Waals surface area contributed by atoms with E-state index in [1.165, 1.54) is 31.5 Å². The number of hydrogen-bond donors (Lipinski definition) is 2. The van der Waals surface area contributed by atoms with Crippen molar-refractivity contribution in [2.45, 2.75) is 4.90 Å². The van der Waals surface area contributed by atoms with Crippen molar-refractivity contribution in [2.24, 2.45) is 0 Å². The molecule has 2 N–H and O–H groups in total. The van der Waals surface area contributed by atoms with Crippen LogP contribution >= 0.6 is 0 Å². The summed E-state index contributed by atoms with van der Waals surface area (Å²) >= 11 is 0. The second-order valence-electron chi connectivity index (χ2n) is 3.99. The molecule has 7 nitrogen and oxygen atoms in total. The minimum atomic E-state index is -3.93. The highest BCUT2D eigenvalue weighted by molar-refractivity contribution is 7.92. The van der Waals surface area contributed by atoms with E-state index in [1.807, 2.05) is 0 Å². The first kappa shape index (κ1) is 14.8. The maximum absolute atomic E-state index is 12.3. The van der Waals surface area contributed by atoms with Crippen LogP contribution in [0.5, 0.6) is 5.75 Å². The first-order chi connectivity index (χ1) is 9.94. The summed E-state index contributed by atoms with van der Waals surface area (Å²) in [5.41, 5.74) is -0.0661. The number of benzene rings is 1. The molecule has 110 valence electrons. The van der Waals surface area contributed by atoms with E-state index in [0.717, 1.165) is 6.07 Å². The Hall–Kier alpha value is -2.61. The number of carboxylic acid groups (broad SMARTS) is 1. The largest absolute Gasteiger partial charge is 0.495 e. The van der Waals surface area contributed by atoms with Gasteiger partial charge in [0.15, 0.2) is 0 Å². The van der Waals surface area contributed by atoms with Gasteiger partial charge in [0.25, 0.3) is 10.0 Å². The molecule has 1 heterocycles.